The number of hydrogen-bond donors (Lipinski definition) is 1. The van der Waals surface area contributed by atoms with Gasteiger partial charge in [0.2, 0.25) is 0 Å². The van der Waals surface area contributed by atoms with Gasteiger partial charge in [0.05, 0.1) is 37.4 Å². The molecule has 11 heteroatoms. The van der Waals surface area contributed by atoms with E-state index in [9.17, 15) is 19.7 Å². The quantitative estimate of drug-likeness (QED) is 0.113. The number of rotatable bonds is 9. The maximum absolute atomic E-state index is 12.7. The molecule has 3 aromatic carbocycles. The lowest BCUT2D eigenvalue weighted by Gasteiger charge is -2.16. The lowest BCUT2D eigenvalue weighted by Crippen LogP contribution is -2.23. The molecule has 0 bridgehead atoms. The minimum Gasteiger partial charge on any atom is -0.465 e. The van der Waals surface area contributed by atoms with Crippen molar-refractivity contribution in [2.45, 2.75) is 38.2 Å². The number of nitrogens with one attached hydrogen (secondary N) is 1. The van der Waals surface area contributed by atoms with Crippen LogP contribution in [-0.4, -0.2) is 23.6 Å². The zero-order valence-electron chi connectivity index (χ0n) is 22.7. The molecule has 1 aromatic heterocycles. The molecule has 8 nitrogen and oxygen atoms in total. The lowest BCUT2D eigenvalue weighted by atomic mass is 9.93. The van der Waals surface area contributed by atoms with Gasteiger partial charge in [0.1, 0.15) is 6.10 Å². The molecule has 0 spiro atoms. The third-order valence-electron chi connectivity index (χ3n) is 7.19. The van der Waals surface area contributed by atoms with Crippen LogP contribution in [-0.2, 0) is 19.7 Å². The Kier molecular flexibility index (Phi) is 8.54. The smallest absolute Gasteiger partial charge is 0.412 e. The summed E-state index contributed by atoms with van der Waals surface area (Å²) >= 11 is 13.7. The summed E-state index contributed by atoms with van der Waals surface area (Å²) < 4.78 is 11.1. The summed E-state index contributed by atoms with van der Waals surface area (Å²) in [6.07, 6.45) is 0.0917. The predicted octanol–water partition coefficient (Wildman–Crippen LogP) is 9.20. The van der Waals surface area contributed by atoms with E-state index >= 15 is 0 Å². The second-order valence-electron chi connectivity index (χ2n) is 9.86. The topological polar surface area (TPSA) is 108 Å². The van der Waals surface area contributed by atoms with Crippen LogP contribution >= 0.6 is 34.5 Å². The van der Waals surface area contributed by atoms with Crippen molar-refractivity contribution in [3.63, 3.8) is 0 Å². The summed E-state index contributed by atoms with van der Waals surface area (Å²) in [5.74, 6) is -0.241. The molecule has 1 fully saturated rings. The fourth-order valence-corrected chi connectivity index (χ4v) is 6.34. The molecule has 5 rings (SSSR count). The van der Waals surface area contributed by atoms with Crippen molar-refractivity contribution in [3.8, 4) is 21.6 Å². The van der Waals surface area contributed by atoms with E-state index in [1.807, 2.05) is 12.1 Å². The van der Waals surface area contributed by atoms with Crippen LogP contribution in [0.15, 0.2) is 72.8 Å². The summed E-state index contributed by atoms with van der Waals surface area (Å²) in [6.45, 7) is 3.79. The molecule has 4 aromatic rings. The molecule has 0 saturated heterocycles. The number of nitro groups is 1. The molecule has 1 aliphatic carbocycles. The van der Waals surface area contributed by atoms with Gasteiger partial charge < -0.3 is 9.47 Å². The third-order valence-corrected chi connectivity index (χ3v) is 8.84. The molecule has 0 aliphatic heterocycles. The molecule has 1 amide bonds. The Balaban J connectivity index is 1.39. The van der Waals surface area contributed by atoms with Crippen LogP contribution in [0, 0.1) is 10.1 Å². The third kappa shape index (κ3) is 5.99. The van der Waals surface area contributed by atoms with Crippen LogP contribution in [0.2, 0.25) is 9.36 Å². The van der Waals surface area contributed by atoms with Crippen LogP contribution in [0.1, 0.15) is 43.9 Å². The Labute approximate surface area is 256 Å². The Morgan fingerprint density at radius 1 is 1.05 bits per heavy atom. The first kappa shape index (κ1) is 29.6. The van der Waals surface area contributed by atoms with E-state index in [1.165, 1.54) is 17.4 Å². The number of carbonyl (C=O) groups excluding carboxylic acids is 2. The summed E-state index contributed by atoms with van der Waals surface area (Å²) in [6, 6.07) is 20.7. The van der Waals surface area contributed by atoms with E-state index in [4.69, 9.17) is 32.7 Å². The molecule has 1 heterocycles. The fourth-order valence-electron chi connectivity index (χ4n) is 4.88. The highest BCUT2D eigenvalue weighted by Crippen LogP contribution is 2.50. The monoisotopic (exact) mass is 624 g/mol. The van der Waals surface area contributed by atoms with Gasteiger partial charge in [0, 0.05) is 22.2 Å². The van der Waals surface area contributed by atoms with Crippen molar-refractivity contribution < 1.29 is 24.0 Å². The average molecular weight is 626 g/mol. The molecule has 1 unspecified atom stereocenters. The average Bonchev–Trinajstić information content (AvgIpc) is 3.70. The van der Waals surface area contributed by atoms with E-state index in [1.54, 1.807) is 68.4 Å². The fraction of sp³-hybridized carbons (Fsp3) is 0.226. The molecule has 1 aliphatic rings. The molecule has 1 saturated carbocycles. The summed E-state index contributed by atoms with van der Waals surface area (Å²) in [5, 5.41) is 15.3. The van der Waals surface area contributed by atoms with Crippen LogP contribution in [0.5, 0.6) is 0 Å². The van der Waals surface area contributed by atoms with Crippen LogP contribution < -0.4 is 5.32 Å². The zero-order valence-corrected chi connectivity index (χ0v) is 25.0. The van der Waals surface area contributed by atoms with Crippen LogP contribution in [0.4, 0.5) is 16.2 Å². The molecule has 1 atom stereocenters. The minimum atomic E-state index is -0.722. The normalized spacial score (nSPS) is 14.1. The van der Waals surface area contributed by atoms with Crippen molar-refractivity contribution in [3.05, 3.63) is 103 Å². The zero-order chi connectivity index (χ0) is 30.0. The first-order valence-corrected chi connectivity index (χ1v) is 14.8. The van der Waals surface area contributed by atoms with E-state index in [-0.39, 0.29) is 11.7 Å². The van der Waals surface area contributed by atoms with Crippen molar-refractivity contribution in [2.75, 3.05) is 11.9 Å². The number of hydrogen-bond acceptors (Lipinski definition) is 7. The molecule has 216 valence electrons. The number of anilines is 1. The van der Waals surface area contributed by atoms with Gasteiger partial charge in [-0.1, -0.05) is 71.7 Å². The van der Waals surface area contributed by atoms with Gasteiger partial charge in [-0.2, -0.15) is 0 Å². The van der Waals surface area contributed by atoms with Crippen LogP contribution in [0.3, 0.4) is 0 Å². The highest BCUT2D eigenvalue weighted by atomic mass is 35.5. The number of esters is 1. The molecular weight excluding hydrogens is 599 g/mol. The molecule has 42 heavy (non-hydrogen) atoms. The Morgan fingerprint density at radius 3 is 2.38 bits per heavy atom. The van der Waals surface area contributed by atoms with E-state index < -0.39 is 22.5 Å². The van der Waals surface area contributed by atoms with Gasteiger partial charge in [-0.3, -0.25) is 20.2 Å². The van der Waals surface area contributed by atoms with E-state index in [0.717, 1.165) is 5.56 Å². The highest BCUT2D eigenvalue weighted by molar-refractivity contribution is 7.20. The van der Waals surface area contributed by atoms with Gasteiger partial charge in [-0.15, -0.1) is 11.3 Å². The summed E-state index contributed by atoms with van der Waals surface area (Å²) in [5.41, 5.74) is 2.68. The molecule has 1 N–H and O–H groups in total. The van der Waals surface area contributed by atoms with Gasteiger partial charge >= 0.3 is 12.1 Å². The summed E-state index contributed by atoms with van der Waals surface area (Å²) in [4.78, 5) is 37.4. The van der Waals surface area contributed by atoms with Crippen molar-refractivity contribution in [2.24, 2.45) is 0 Å². The number of thiophene rings is 1. The first-order valence-electron chi connectivity index (χ1n) is 13.2. The molecular formula is C31H26Cl2N2O6S. The van der Waals surface area contributed by atoms with Crippen molar-refractivity contribution in [1.29, 1.82) is 0 Å². The predicted molar refractivity (Wildman–Crippen MR) is 164 cm³/mol. The van der Waals surface area contributed by atoms with Crippen molar-refractivity contribution in [1.82, 2.24) is 0 Å². The highest BCUT2D eigenvalue weighted by Gasteiger charge is 2.52. The maximum atomic E-state index is 12.7. The number of nitro benzene ring substituents is 1. The summed E-state index contributed by atoms with van der Waals surface area (Å²) in [7, 11) is 0. The van der Waals surface area contributed by atoms with Gasteiger partial charge in [-0.05, 0) is 56.0 Å². The van der Waals surface area contributed by atoms with Crippen LogP contribution in [0.25, 0.3) is 21.6 Å². The van der Waals surface area contributed by atoms with E-state index in [2.05, 4.69) is 5.32 Å². The first-order chi connectivity index (χ1) is 20.1. The number of carbonyl (C=O) groups is 2. The number of halogens is 2. The number of ether oxygens (including phenoxy) is 2. The SMILES string of the molecule is CCOC(=O)C1(c2ccc(-c3ccc(-c4sc(Cl)cc4NC(=O)OC(C)c4ccccc4Cl)cc3[N+](=O)[O-])cc2)CC1. The van der Waals surface area contributed by atoms with Gasteiger partial charge in [-0.25, -0.2) is 4.79 Å². The lowest BCUT2D eigenvalue weighted by molar-refractivity contribution is -0.384. The minimum absolute atomic E-state index is 0.114. The maximum Gasteiger partial charge on any atom is 0.412 e. The molecule has 0 radical (unpaired) electrons. The largest absolute Gasteiger partial charge is 0.465 e. The second kappa shape index (κ2) is 12.1. The number of amides is 1. The standard InChI is InChI=1S/C31H26Cl2N2O6S/c1-3-40-29(36)31(14-15-31)21-11-8-19(9-12-21)23-13-10-20(16-26(23)35(38)39)28-25(17-27(33)42-28)34-30(37)41-18(2)22-6-4-5-7-24(22)32/h4-13,16-18H,3,14-15H2,1-2H3,(H,34,37). The Bertz CT molecular complexity index is 1670. The number of benzene rings is 3. The van der Waals surface area contributed by atoms with Gasteiger partial charge in [0.15, 0.2) is 0 Å². The number of nitrogens with zero attached hydrogens (tertiary/aromatic N) is 1. The van der Waals surface area contributed by atoms with Crippen molar-refractivity contribution >= 4 is 58.0 Å². The van der Waals surface area contributed by atoms with Gasteiger partial charge in [0.25, 0.3) is 5.69 Å². The van der Waals surface area contributed by atoms with E-state index in [0.29, 0.717) is 61.6 Å². The Hall–Kier alpha value is -3.92. The second-order valence-corrected chi connectivity index (χ2v) is 11.9. The Morgan fingerprint density at radius 2 is 1.74 bits per heavy atom.